The highest BCUT2D eigenvalue weighted by molar-refractivity contribution is 6.35. The van der Waals surface area contributed by atoms with Gasteiger partial charge in [-0.2, -0.15) is 0 Å². The third-order valence-electron chi connectivity index (χ3n) is 9.40. The van der Waals surface area contributed by atoms with Crippen molar-refractivity contribution < 1.29 is 14.2 Å². The van der Waals surface area contributed by atoms with E-state index < -0.39 is 5.79 Å². The van der Waals surface area contributed by atoms with Crippen molar-refractivity contribution in [3.05, 3.63) is 122 Å². The maximum Gasteiger partial charge on any atom is 0.351 e. The molecule has 0 N–H and O–H groups in total. The summed E-state index contributed by atoms with van der Waals surface area (Å²) in [5, 5.41) is 1.01. The summed E-state index contributed by atoms with van der Waals surface area (Å²) >= 11 is 12.8. The summed E-state index contributed by atoms with van der Waals surface area (Å²) in [6.45, 7) is 5.59. The predicted octanol–water partition coefficient (Wildman–Crippen LogP) is 4.38. The first-order valence-corrected chi connectivity index (χ1v) is 17.1. The summed E-state index contributed by atoms with van der Waals surface area (Å²) in [7, 11) is 0. The summed E-state index contributed by atoms with van der Waals surface area (Å²) < 4.78 is 25.2. The standard InChI is InChI=1S/C35H35Cl2N7O5/c36-25-2-11-31(32(37)20-25)35(23-39-15-12-38-24-39)48-22-30(49-35)21-47-29-9-7-27(8-10-29)41-18-16-40(17-19-41)26-3-5-28(6-4-26)44-33(45)42-13-1-14-43(42)34(44)46/h2-12,15,20,24,30H,1,13-14,16-19,21-23H2/t30-,35-/m1/s1. The van der Waals surface area contributed by atoms with Gasteiger partial charge in [0.2, 0.25) is 5.79 Å². The lowest BCUT2D eigenvalue weighted by molar-refractivity contribution is -0.189. The molecule has 0 saturated carbocycles. The smallest absolute Gasteiger partial charge is 0.351 e. The average molecular weight is 705 g/mol. The van der Waals surface area contributed by atoms with E-state index in [1.165, 1.54) is 13.9 Å². The molecule has 0 unspecified atom stereocenters. The predicted molar refractivity (Wildman–Crippen MR) is 186 cm³/mol. The normalized spacial score (nSPS) is 20.6. The van der Waals surface area contributed by atoms with Gasteiger partial charge in [0.05, 0.1) is 30.2 Å². The SMILES string of the molecule is O=c1n(-c2ccc(N3CCN(c4ccc(OC[C@@H]5CO[C@@](Cn6ccnc6)(c6ccc(Cl)cc6Cl)O5)cc4)CC3)cc2)c(=O)n2n1CCC2. The number of hydrogen-bond acceptors (Lipinski definition) is 8. The summed E-state index contributed by atoms with van der Waals surface area (Å²) in [4.78, 5) is 34.3. The number of piperazine rings is 1. The molecule has 2 atom stereocenters. The molecule has 3 aliphatic heterocycles. The first-order valence-electron chi connectivity index (χ1n) is 16.4. The fourth-order valence-corrected chi connectivity index (χ4v) is 7.45. The Morgan fingerprint density at radius 3 is 2.06 bits per heavy atom. The highest BCUT2D eigenvalue weighted by atomic mass is 35.5. The molecule has 0 bridgehead atoms. The Hall–Kier alpha value is -4.49. The zero-order valence-electron chi connectivity index (χ0n) is 26.7. The zero-order chi connectivity index (χ0) is 33.5. The molecular weight excluding hydrogens is 669 g/mol. The molecule has 12 nitrogen and oxygen atoms in total. The lowest BCUT2D eigenvalue weighted by Crippen LogP contribution is -2.46. The van der Waals surface area contributed by atoms with Gasteiger partial charge in [-0.05, 0) is 67.1 Å². The number of nitrogens with zero attached hydrogens (tertiary/aromatic N) is 7. The van der Waals surface area contributed by atoms with Crippen molar-refractivity contribution in [2.75, 3.05) is 49.2 Å². The van der Waals surface area contributed by atoms with Gasteiger partial charge >= 0.3 is 11.4 Å². The van der Waals surface area contributed by atoms with Gasteiger partial charge < -0.3 is 28.6 Å². The molecule has 0 radical (unpaired) electrons. The van der Waals surface area contributed by atoms with Crippen LogP contribution in [0.4, 0.5) is 11.4 Å². The second-order valence-electron chi connectivity index (χ2n) is 12.5. The number of fused-ring (bicyclic) bond motifs is 1. The Bertz CT molecular complexity index is 2020. The first kappa shape index (κ1) is 31.8. The molecule has 2 fully saturated rings. The molecule has 254 valence electrons. The van der Waals surface area contributed by atoms with Gasteiger partial charge in [-0.15, -0.1) is 0 Å². The highest BCUT2D eigenvalue weighted by Crippen LogP contribution is 2.40. The van der Waals surface area contributed by atoms with E-state index in [9.17, 15) is 9.59 Å². The van der Waals surface area contributed by atoms with E-state index >= 15 is 0 Å². The van der Waals surface area contributed by atoms with Gasteiger partial charge in [0.15, 0.2) is 0 Å². The largest absolute Gasteiger partial charge is 0.491 e. The van der Waals surface area contributed by atoms with E-state index in [-0.39, 0.29) is 17.5 Å². The van der Waals surface area contributed by atoms with E-state index in [1.54, 1.807) is 24.7 Å². The topological polar surface area (TPSA) is 101 Å². The van der Waals surface area contributed by atoms with Crippen molar-refractivity contribution in [2.45, 2.75) is 37.9 Å². The Labute approximate surface area is 292 Å². The van der Waals surface area contributed by atoms with E-state index in [0.717, 1.165) is 49.7 Å². The van der Waals surface area contributed by atoms with Gasteiger partial charge in [0.1, 0.15) is 18.5 Å². The van der Waals surface area contributed by atoms with Crippen LogP contribution in [-0.2, 0) is 34.9 Å². The monoisotopic (exact) mass is 703 g/mol. The number of benzene rings is 3. The summed E-state index contributed by atoms with van der Waals surface area (Å²) in [6, 6.07) is 21.1. The van der Waals surface area contributed by atoms with Crippen LogP contribution in [-0.4, -0.2) is 69.0 Å². The average Bonchev–Trinajstić information content (AvgIpc) is 3.93. The van der Waals surface area contributed by atoms with E-state index in [0.29, 0.717) is 54.1 Å². The van der Waals surface area contributed by atoms with Crippen molar-refractivity contribution >= 4 is 34.6 Å². The number of ether oxygens (including phenoxy) is 3. The minimum Gasteiger partial charge on any atom is -0.491 e. The lowest BCUT2D eigenvalue weighted by atomic mass is 10.1. The van der Waals surface area contributed by atoms with Crippen molar-refractivity contribution in [1.82, 2.24) is 23.5 Å². The molecule has 0 aliphatic carbocycles. The van der Waals surface area contributed by atoms with Crippen LogP contribution in [0.25, 0.3) is 5.69 Å². The number of anilines is 2. The molecule has 3 aromatic carbocycles. The molecule has 2 saturated heterocycles. The third kappa shape index (κ3) is 6.14. The third-order valence-corrected chi connectivity index (χ3v) is 9.94. The summed E-state index contributed by atoms with van der Waals surface area (Å²) in [5.74, 6) is -0.360. The Kier molecular flexibility index (Phi) is 8.48. The molecule has 49 heavy (non-hydrogen) atoms. The van der Waals surface area contributed by atoms with Gasteiger partial charge in [-0.3, -0.25) is 0 Å². The first-order chi connectivity index (χ1) is 23.9. The van der Waals surface area contributed by atoms with E-state index in [1.807, 2.05) is 53.2 Å². The Morgan fingerprint density at radius 2 is 1.45 bits per heavy atom. The quantitative estimate of drug-likeness (QED) is 0.223. The van der Waals surface area contributed by atoms with Crippen LogP contribution in [0.5, 0.6) is 5.75 Å². The van der Waals surface area contributed by atoms with Crippen molar-refractivity contribution in [3.63, 3.8) is 0 Å². The second-order valence-corrected chi connectivity index (χ2v) is 13.3. The van der Waals surface area contributed by atoms with E-state index in [4.69, 9.17) is 37.4 Å². The summed E-state index contributed by atoms with van der Waals surface area (Å²) in [6.07, 6.45) is 5.78. The number of aromatic nitrogens is 5. The van der Waals surface area contributed by atoms with Crippen LogP contribution in [0.2, 0.25) is 10.0 Å². The van der Waals surface area contributed by atoms with Gasteiger partial charge in [0, 0.05) is 73.6 Å². The van der Waals surface area contributed by atoms with Crippen molar-refractivity contribution in [1.29, 1.82) is 0 Å². The van der Waals surface area contributed by atoms with E-state index in [2.05, 4.69) is 26.9 Å². The summed E-state index contributed by atoms with van der Waals surface area (Å²) in [5.41, 5.74) is 2.94. The molecule has 5 heterocycles. The Balaban J connectivity index is 0.860. The molecule has 3 aliphatic rings. The lowest BCUT2D eigenvalue weighted by Gasteiger charge is -2.37. The highest BCUT2D eigenvalue weighted by Gasteiger charge is 2.45. The molecule has 2 aromatic heterocycles. The molecule has 8 rings (SSSR count). The number of halogens is 2. The molecule has 0 spiro atoms. The maximum absolute atomic E-state index is 12.8. The zero-order valence-corrected chi connectivity index (χ0v) is 28.2. The minimum absolute atomic E-state index is 0.274. The van der Waals surface area contributed by atoms with Crippen LogP contribution >= 0.6 is 23.2 Å². The maximum atomic E-state index is 12.8. The number of hydrogen-bond donors (Lipinski definition) is 0. The molecule has 5 aromatic rings. The van der Waals surface area contributed by atoms with Crippen molar-refractivity contribution in [2.24, 2.45) is 0 Å². The van der Waals surface area contributed by atoms with Crippen molar-refractivity contribution in [3.8, 4) is 11.4 Å². The van der Waals surface area contributed by atoms with Crippen LogP contribution < -0.4 is 25.9 Å². The van der Waals surface area contributed by atoms with Gasteiger partial charge in [-0.25, -0.2) is 28.5 Å². The second kappa shape index (κ2) is 13.1. The fraction of sp³-hybridized carbons (Fsp3) is 0.343. The van der Waals surface area contributed by atoms with Gasteiger partial charge in [0.25, 0.3) is 0 Å². The van der Waals surface area contributed by atoms with Crippen LogP contribution in [0.15, 0.2) is 95.0 Å². The number of imidazole rings is 1. The molecular formula is C35H35Cl2N7O5. The van der Waals surface area contributed by atoms with Gasteiger partial charge in [-0.1, -0.05) is 29.3 Å². The van der Waals surface area contributed by atoms with Crippen LogP contribution in [0.3, 0.4) is 0 Å². The fourth-order valence-electron chi connectivity index (χ4n) is 6.90. The van der Waals surface area contributed by atoms with Crippen LogP contribution in [0.1, 0.15) is 12.0 Å². The minimum atomic E-state index is -1.10. The molecule has 14 heteroatoms. The number of rotatable bonds is 9. The van der Waals surface area contributed by atoms with Crippen LogP contribution in [0, 0.1) is 0 Å². The molecule has 0 amide bonds. The Morgan fingerprint density at radius 1 is 0.816 bits per heavy atom.